The van der Waals surface area contributed by atoms with Crippen molar-refractivity contribution in [3.8, 4) is 11.5 Å². The first-order chi connectivity index (χ1) is 15.5. The van der Waals surface area contributed by atoms with Gasteiger partial charge in [-0.1, -0.05) is 35.9 Å². The van der Waals surface area contributed by atoms with E-state index in [0.29, 0.717) is 12.4 Å². The third-order valence-corrected chi connectivity index (χ3v) is 6.69. The number of amides is 1. The quantitative estimate of drug-likeness (QED) is 0.513. The van der Waals surface area contributed by atoms with Gasteiger partial charge in [0, 0.05) is 38.3 Å². The molecule has 1 aliphatic rings. The summed E-state index contributed by atoms with van der Waals surface area (Å²) in [6, 6.07) is 16.5. The van der Waals surface area contributed by atoms with Gasteiger partial charge in [0.05, 0.1) is 12.0 Å². The van der Waals surface area contributed by atoms with Gasteiger partial charge in [0.25, 0.3) is 5.91 Å². The van der Waals surface area contributed by atoms with E-state index in [-0.39, 0.29) is 5.91 Å². The van der Waals surface area contributed by atoms with Crippen molar-refractivity contribution in [1.29, 1.82) is 0 Å². The van der Waals surface area contributed by atoms with Gasteiger partial charge in [-0.25, -0.2) is 0 Å². The highest BCUT2D eigenvalue weighted by Gasteiger charge is 2.23. The number of hydrogen-bond donors (Lipinski definition) is 0. The van der Waals surface area contributed by atoms with Crippen molar-refractivity contribution in [3.63, 3.8) is 0 Å². The van der Waals surface area contributed by atoms with E-state index in [9.17, 15) is 4.79 Å². The lowest BCUT2D eigenvalue weighted by Gasteiger charge is -2.34. The molecule has 0 aliphatic carbocycles. The summed E-state index contributed by atoms with van der Waals surface area (Å²) in [5.41, 5.74) is 4.74. The van der Waals surface area contributed by atoms with Crippen molar-refractivity contribution in [2.45, 2.75) is 27.0 Å². The highest BCUT2D eigenvalue weighted by atomic mass is 32.1. The number of carbonyl (C=O) groups is 1. The maximum absolute atomic E-state index is 13.0. The van der Waals surface area contributed by atoms with Crippen molar-refractivity contribution >= 4 is 17.2 Å². The highest BCUT2D eigenvalue weighted by Crippen LogP contribution is 2.29. The van der Waals surface area contributed by atoms with Crippen LogP contribution in [0.1, 0.15) is 31.9 Å². The molecule has 0 unspecified atom stereocenters. The number of thiophene rings is 1. The fourth-order valence-corrected chi connectivity index (χ4v) is 4.82. The average Bonchev–Trinajstić information content (AvgIpc) is 3.27. The molecule has 5 nitrogen and oxygen atoms in total. The zero-order chi connectivity index (χ0) is 22.5. The number of ether oxygens (including phenoxy) is 2. The van der Waals surface area contributed by atoms with E-state index in [2.05, 4.69) is 36.1 Å². The molecule has 1 amide bonds. The Hall–Kier alpha value is -2.83. The summed E-state index contributed by atoms with van der Waals surface area (Å²) < 4.78 is 11.3. The number of methoxy groups -OCH3 is 1. The van der Waals surface area contributed by atoms with Gasteiger partial charge in [-0.3, -0.25) is 9.69 Å². The number of piperazine rings is 1. The molecular formula is C26H30N2O3S. The smallest absolute Gasteiger partial charge is 0.264 e. The Balaban J connectivity index is 1.29. The van der Waals surface area contributed by atoms with Crippen LogP contribution in [0.3, 0.4) is 0 Å². The second-order valence-electron chi connectivity index (χ2n) is 8.32. The van der Waals surface area contributed by atoms with E-state index in [1.165, 1.54) is 22.5 Å². The minimum atomic E-state index is 0.115. The molecule has 0 spiro atoms. The van der Waals surface area contributed by atoms with Crippen LogP contribution in [0.4, 0.5) is 0 Å². The molecule has 1 saturated heterocycles. The minimum absolute atomic E-state index is 0.115. The summed E-state index contributed by atoms with van der Waals surface area (Å²) in [4.78, 5) is 18.1. The molecule has 168 valence electrons. The van der Waals surface area contributed by atoms with Crippen molar-refractivity contribution in [1.82, 2.24) is 9.80 Å². The molecule has 1 fully saturated rings. The molecule has 3 aromatic rings. The van der Waals surface area contributed by atoms with Crippen LogP contribution in [0.15, 0.2) is 53.9 Å². The Bertz CT molecular complexity index is 1070. The van der Waals surface area contributed by atoms with Gasteiger partial charge in [0.15, 0.2) is 11.5 Å². The fourth-order valence-electron chi connectivity index (χ4n) is 3.95. The molecule has 0 atom stereocenters. The van der Waals surface area contributed by atoms with Gasteiger partial charge in [-0.2, -0.15) is 0 Å². The summed E-state index contributed by atoms with van der Waals surface area (Å²) in [5.74, 6) is 1.55. The predicted octanol–water partition coefficient (Wildman–Crippen LogP) is 4.91. The zero-order valence-electron chi connectivity index (χ0n) is 19.0. The molecule has 0 bridgehead atoms. The van der Waals surface area contributed by atoms with Crippen molar-refractivity contribution in [3.05, 3.63) is 81.0 Å². The van der Waals surface area contributed by atoms with Crippen LogP contribution in [0, 0.1) is 13.8 Å². The van der Waals surface area contributed by atoms with Crippen LogP contribution in [0.25, 0.3) is 0 Å². The summed E-state index contributed by atoms with van der Waals surface area (Å²) in [6.07, 6.45) is 0. The maximum Gasteiger partial charge on any atom is 0.264 e. The summed E-state index contributed by atoms with van der Waals surface area (Å²) in [5, 5.41) is 2.00. The molecule has 0 radical (unpaired) electrons. The fraction of sp³-hybridized carbons (Fsp3) is 0.346. The first-order valence-electron chi connectivity index (χ1n) is 10.9. The number of hydrogen-bond acceptors (Lipinski definition) is 5. The highest BCUT2D eigenvalue weighted by molar-refractivity contribution is 7.12. The van der Waals surface area contributed by atoms with Gasteiger partial charge in [0.2, 0.25) is 0 Å². The van der Waals surface area contributed by atoms with Gasteiger partial charge in [-0.15, -0.1) is 11.3 Å². The molecule has 32 heavy (non-hydrogen) atoms. The molecular weight excluding hydrogens is 420 g/mol. The SMILES string of the molecule is COc1cc(C)ccc1OCc1csc(C(=O)N2CCN(Cc3cccc(C)c3)CC2)c1. The van der Waals surface area contributed by atoms with Crippen LogP contribution < -0.4 is 9.47 Å². The van der Waals surface area contributed by atoms with Crippen LogP contribution >= 0.6 is 11.3 Å². The van der Waals surface area contributed by atoms with E-state index < -0.39 is 0 Å². The van der Waals surface area contributed by atoms with Crippen molar-refractivity contribution < 1.29 is 14.3 Å². The minimum Gasteiger partial charge on any atom is -0.493 e. The van der Waals surface area contributed by atoms with E-state index in [4.69, 9.17) is 9.47 Å². The molecule has 2 aromatic carbocycles. The van der Waals surface area contributed by atoms with E-state index in [0.717, 1.165) is 54.5 Å². The Kier molecular flexibility index (Phi) is 7.12. The van der Waals surface area contributed by atoms with Crippen molar-refractivity contribution in [2.24, 2.45) is 0 Å². The second-order valence-corrected chi connectivity index (χ2v) is 9.23. The molecule has 1 aromatic heterocycles. The van der Waals surface area contributed by atoms with Gasteiger partial charge >= 0.3 is 0 Å². The Morgan fingerprint density at radius 3 is 2.47 bits per heavy atom. The molecule has 2 heterocycles. The van der Waals surface area contributed by atoms with E-state index >= 15 is 0 Å². The number of benzene rings is 2. The van der Waals surface area contributed by atoms with Gasteiger partial charge in [0.1, 0.15) is 6.61 Å². The number of nitrogens with zero attached hydrogens (tertiary/aromatic N) is 2. The van der Waals surface area contributed by atoms with Gasteiger partial charge in [-0.05, 0) is 48.6 Å². The Morgan fingerprint density at radius 2 is 1.72 bits per heavy atom. The molecule has 6 heteroatoms. The summed E-state index contributed by atoms with van der Waals surface area (Å²) in [7, 11) is 1.64. The average molecular weight is 451 g/mol. The second kappa shape index (κ2) is 10.2. The Morgan fingerprint density at radius 1 is 0.938 bits per heavy atom. The maximum atomic E-state index is 13.0. The Labute approximate surface area is 194 Å². The lowest BCUT2D eigenvalue weighted by Crippen LogP contribution is -2.48. The van der Waals surface area contributed by atoms with Crippen LogP contribution in [-0.4, -0.2) is 49.0 Å². The normalized spacial score (nSPS) is 14.4. The van der Waals surface area contributed by atoms with E-state index in [1.54, 1.807) is 7.11 Å². The van der Waals surface area contributed by atoms with Crippen LogP contribution in [-0.2, 0) is 13.2 Å². The molecule has 1 aliphatic heterocycles. The first kappa shape index (κ1) is 22.4. The predicted molar refractivity (Wildman–Crippen MR) is 129 cm³/mol. The van der Waals surface area contributed by atoms with Gasteiger partial charge < -0.3 is 14.4 Å². The lowest BCUT2D eigenvalue weighted by molar-refractivity contribution is 0.0633. The monoisotopic (exact) mass is 450 g/mol. The molecule has 0 N–H and O–H groups in total. The number of rotatable bonds is 7. The molecule has 0 saturated carbocycles. The summed E-state index contributed by atoms with van der Waals surface area (Å²) in [6.45, 7) is 8.80. The van der Waals surface area contributed by atoms with Crippen LogP contribution in [0.2, 0.25) is 0 Å². The number of aryl methyl sites for hydroxylation is 2. The lowest BCUT2D eigenvalue weighted by atomic mass is 10.1. The first-order valence-corrected chi connectivity index (χ1v) is 11.8. The summed E-state index contributed by atoms with van der Waals surface area (Å²) >= 11 is 1.49. The largest absolute Gasteiger partial charge is 0.493 e. The van der Waals surface area contributed by atoms with E-state index in [1.807, 2.05) is 41.5 Å². The van der Waals surface area contributed by atoms with Crippen LogP contribution in [0.5, 0.6) is 11.5 Å². The van der Waals surface area contributed by atoms with Crippen molar-refractivity contribution in [2.75, 3.05) is 33.3 Å². The topological polar surface area (TPSA) is 42.0 Å². The third kappa shape index (κ3) is 5.50. The number of carbonyl (C=O) groups excluding carboxylic acids is 1. The molecule has 4 rings (SSSR count). The zero-order valence-corrected chi connectivity index (χ0v) is 19.8. The third-order valence-electron chi connectivity index (χ3n) is 5.73. The standard InChI is InChI=1S/C26H30N2O3S/c1-19-5-4-6-21(13-19)16-27-9-11-28(12-10-27)26(29)25-15-22(18-32-25)17-31-23-8-7-20(2)14-24(23)30-3/h4-8,13-15,18H,9-12,16-17H2,1-3H3.